The molecule has 1 aromatic carbocycles. The summed E-state index contributed by atoms with van der Waals surface area (Å²) >= 11 is 2.88. The summed E-state index contributed by atoms with van der Waals surface area (Å²) in [5.74, 6) is -1.46. The van der Waals surface area contributed by atoms with Crippen molar-refractivity contribution >= 4 is 37.5 Å². The number of carbonyl (C=O) groups is 1. The van der Waals surface area contributed by atoms with Gasteiger partial charge in [-0.25, -0.2) is 12.8 Å². The van der Waals surface area contributed by atoms with E-state index in [1.54, 1.807) is 6.92 Å². The van der Waals surface area contributed by atoms with Gasteiger partial charge in [-0.3, -0.25) is 4.79 Å². The molecule has 1 aromatic rings. The number of amides is 1. The molecule has 0 aliphatic carbocycles. The van der Waals surface area contributed by atoms with Gasteiger partial charge in [-0.2, -0.15) is 4.72 Å². The molecule has 0 aliphatic heterocycles. The monoisotopic (exact) mass is 367 g/mol. The Kier molecular flexibility index (Phi) is 5.49. The molecular weight excluding hydrogens is 353 g/mol. The molecule has 112 valence electrons. The molecule has 0 spiro atoms. The summed E-state index contributed by atoms with van der Waals surface area (Å²) in [7, 11) is -4.19. The number of nitrogens with two attached hydrogens (primary N) is 1. The first kappa shape index (κ1) is 16.9. The van der Waals surface area contributed by atoms with E-state index in [4.69, 9.17) is 5.73 Å². The summed E-state index contributed by atoms with van der Waals surface area (Å²) in [5.41, 5.74) is 5.58. The fourth-order valence-corrected chi connectivity index (χ4v) is 3.40. The first-order valence-electron chi connectivity index (χ1n) is 5.73. The van der Waals surface area contributed by atoms with Crippen LogP contribution in [0.3, 0.4) is 0 Å². The number of carbonyl (C=O) groups excluding carboxylic acids is 1. The van der Waals surface area contributed by atoms with E-state index in [2.05, 4.69) is 26.0 Å². The molecule has 20 heavy (non-hydrogen) atoms. The van der Waals surface area contributed by atoms with E-state index >= 15 is 0 Å². The smallest absolute Gasteiger partial charge is 0.244 e. The van der Waals surface area contributed by atoms with Gasteiger partial charge in [0.15, 0.2) is 5.82 Å². The van der Waals surface area contributed by atoms with Gasteiger partial charge < -0.3 is 11.1 Å². The summed E-state index contributed by atoms with van der Waals surface area (Å²) in [6.07, 6.45) is 0. The van der Waals surface area contributed by atoms with Gasteiger partial charge in [0.2, 0.25) is 15.9 Å². The second kappa shape index (κ2) is 6.51. The zero-order chi connectivity index (χ0) is 15.5. The van der Waals surface area contributed by atoms with Crippen molar-refractivity contribution in [1.29, 1.82) is 0 Å². The number of sulfonamides is 1. The number of hydrogen-bond donors (Lipinski definition) is 3. The highest BCUT2D eigenvalue weighted by Gasteiger charge is 2.26. The highest BCUT2D eigenvalue weighted by Crippen LogP contribution is 2.26. The van der Waals surface area contributed by atoms with E-state index in [0.717, 1.165) is 6.07 Å². The van der Waals surface area contributed by atoms with Crippen molar-refractivity contribution in [2.45, 2.75) is 24.8 Å². The van der Waals surface area contributed by atoms with Gasteiger partial charge in [-0.1, -0.05) is 0 Å². The van der Waals surface area contributed by atoms with Crippen molar-refractivity contribution in [2.24, 2.45) is 0 Å². The van der Waals surface area contributed by atoms with Gasteiger partial charge in [-0.05, 0) is 41.9 Å². The third-order valence-electron chi connectivity index (χ3n) is 2.38. The van der Waals surface area contributed by atoms with Gasteiger partial charge >= 0.3 is 0 Å². The molecule has 6 nitrogen and oxygen atoms in total. The Labute approximate surface area is 125 Å². The minimum Gasteiger partial charge on any atom is -0.399 e. The van der Waals surface area contributed by atoms with Gasteiger partial charge in [0.25, 0.3) is 0 Å². The Morgan fingerprint density at radius 2 is 2.10 bits per heavy atom. The van der Waals surface area contributed by atoms with Gasteiger partial charge in [0.1, 0.15) is 4.90 Å². The molecule has 4 N–H and O–H groups in total. The number of likely N-dealkylation sites (N-methyl/N-ethyl adjacent to an activating group) is 1. The van der Waals surface area contributed by atoms with Crippen LogP contribution in [0.2, 0.25) is 0 Å². The zero-order valence-corrected chi connectivity index (χ0v) is 13.3. The van der Waals surface area contributed by atoms with E-state index < -0.39 is 32.7 Å². The lowest BCUT2D eigenvalue weighted by atomic mass is 10.3. The van der Waals surface area contributed by atoms with E-state index in [-0.39, 0.29) is 10.2 Å². The minimum atomic E-state index is -4.19. The topological polar surface area (TPSA) is 101 Å². The van der Waals surface area contributed by atoms with Gasteiger partial charge in [-0.15, -0.1) is 0 Å². The van der Waals surface area contributed by atoms with Crippen molar-refractivity contribution in [3.05, 3.63) is 22.4 Å². The van der Waals surface area contributed by atoms with Crippen LogP contribution in [0.4, 0.5) is 10.1 Å². The predicted molar refractivity (Wildman–Crippen MR) is 77.0 cm³/mol. The minimum absolute atomic E-state index is 0.0662. The molecule has 9 heteroatoms. The van der Waals surface area contributed by atoms with E-state index in [1.807, 2.05) is 0 Å². The molecule has 0 aliphatic rings. The summed E-state index contributed by atoms with van der Waals surface area (Å²) < 4.78 is 40.0. The molecule has 0 saturated carbocycles. The van der Waals surface area contributed by atoms with Crippen LogP contribution in [0.1, 0.15) is 13.8 Å². The summed E-state index contributed by atoms with van der Waals surface area (Å²) in [5, 5.41) is 2.46. The van der Waals surface area contributed by atoms with E-state index in [0.29, 0.717) is 6.54 Å². The number of nitrogens with one attached hydrogen (secondary N) is 2. The largest absolute Gasteiger partial charge is 0.399 e. The molecule has 1 amide bonds. The molecule has 0 radical (unpaired) electrons. The normalized spacial score (nSPS) is 13.0. The van der Waals surface area contributed by atoms with Crippen LogP contribution in [0.25, 0.3) is 0 Å². The first-order valence-corrected chi connectivity index (χ1v) is 8.01. The summed E-state index contributed by atoms with van der Waals surface area (Å²) in [6, 6.07) is 1.22. The fraction of sp³-hybridized carbons (Fsp3) is 0.364. The Morgan fingerprint density at radius 3 is 2.65 bits per heavy atom. The predicted octanol–water partition coefficient (Wildman–Crippen LogP) is 0.973. The highest BCUT2D eigenvalue weighted by atomic mass is 79.9. The second-order valence-corrected chi connectivity index (χ2v) is 6.59. The van der Waals surface area contributed by atoms with Gasteiger partial charge in [0.05, 0.1) is 10.5 Å². The van der Waals surface area contributed by atoms with Gasteiger partial charge in [0, 0.05) is 12.2 Å². The second-order valence-electron chi connectivity index (χ2n) is 4.05. The zero-order valence-electron chi connectivity index (χ0n) is 10.9. The highest BCUT2D eigenvalue weighted by molar-refractivity contribution is 9.10. The molecule has 0 saturated heterocycles. The van der Waals surface area contributed by atoms with Crippen LogP contribution < -0.4 is 15.8 Å². The number of nitrogen functional groups attached to an aromatic ring is 1. The quantitative estimate of drug-likeness (QED) is 0.675. The third-order valence-corrected chi connectivity index (χ3v) is 4.50. The van der Waals surface area contributed by atoms with E-state index in [9.17, 15) is 17.6 Å². The van der Waals surface area contributed by atoms with Crippen LogP contribution in [-0.2, 0) is 14.8 Å². The molecule has 0 bridgehead atoms. The Hall–Kier alpha value is -1.19. The molecule has 1 atom stereocenters. The van der Waals surface area contributed by atoms with Crippen molar-refractivity contribution in [2.75, 3.05) is 12.3 Å². The van der Waals surface area contributed by atoms with Crippen molar-refractivity contribution in [1.82, 2.24) is 10.0 Å². The van der Waals surface area contributed by atoms with Crippen LogP contribution in [0.15, 0.2) is 21.5 Å². The Morgan fingerprint density at radius 1 is 1.50 bits per heavy atom. The first-order chi connectivity index (χ1) is 9.19. The van der Waals surface area contributed by atoms with Crippen molar-refractivity contribution in [3.8, 4) is 0 Å². The number of rotatable bonds is 5. The number of anilines is 1. The molecule has 0 aromatic heterocycles. The summed E-state index contributed by atoms with van der Waals surface area (Å²) in [4.78, 5) is 10.9. The lowest BCUT2D eigenvalue weighted by Crippen LogP contribution is -2.44. The summed E-state index contributed by atoms with van der Waals surface area (Å²) in [6.45, 7) is 3.43. The maximum Gasteiger partial charge on any atom is 0.244 e. The Bertz CT molecular complexity index is 622. The van der Waals surface area contributed by atoms with Crippen molar-refractivity contribution < 1.29 is 17.6 Å². The standard InChI is InChI=1S/C11H15BrFN3O3S/c1-3-15-11(17)6(2)16-20(18,19)9-5-7(14)4-8(12)10(9)13/h4-6,16H,3,14H2,1-2H3,(H,15,17). The molecular formula is C11H15BrFN3O3S. The van der Waals surface area contributed by atoms with E-state index in [1.165, 1.54) is 13.0 Å². The van der Waals surface area contributed by atoms with Crippen LogP contribution in [-0.4, -0.2) is 26.9 Å². The lowest BCUT2D eigenvalue weighted by molar-refractivity contribution is -0.122. The SMILES string of the molecule is CCNC(=O)C(C)NS(=O)(=O)c1cc(N)cc(Br)c1F. The number of halogens is 2. The maximum atomic E-state index is 13.9. The molecule has 1 unspecified atom stereocenters. The number of benzene rings is 1. The average Bonchev–Trinajstić information content (AvgIpc) is 2.33. The third kappa shape index (κ3) is 3.90. The molecule has 0 heterocycles. The molecule has 1 rings (SSSR count). The van der Waals surface area contributed by atoms with Crippen molar-refractivity contribution in [3.63, 3.8) is 0 Å². The Balaban J connectivity index is 3.09. The fourth-order valence-electron chi connectivity index (χ4n) is 1.46. The average molecular weight is 368 g/mol. The molecule has 0 fully saturated rings. The van der Waals surface area contributed by atoms with Crippen LogP contribution in [0, 0.1) is 5.82 Å². The number of hydrogen-bond acceptors (Lipinski definition) is 4. The maximum absolute atomic E-state index is 13.9. The lowest BCUT2D eigenvalue weighted by Gasteiger charge is -2.14. The van der Waals surface area contributed by atoms with Crippen LogP contribution in [0.5, 0.6) is 0 Å². The van der Waals surface area contributed by atoms with Crippen LogP contribution >= 0.6 is 15.9 Å².